The molecular weight excluding hydrogens is 197 g/mol. The predicted molar refractivity (Wildman–Crippen MR) is 54.7 cm³/mol. The van der Waals surface area contributed by atoms with Crippen LogP contribution in [0.3, 0.4) is 0 Å². The number of ether oxygens (including phenoxy) is 1. The molecule has 15 heavy (non-hydrogen) atoms. The lowest BCUT2D eigenvalue weighted by molar-refractivity contribution is -0.130. The van der Waals surface area contributed by atoms with Crippen LogP contribution in [0.5, 0.6) is 0 Å². The Balaban J connectivity index is 2.47. The molecule has 0 aromatic heterocycles. The molecule has 0 saturated heterocycles. The van der Waals surface area contributed by atoms with Crippen molar-refractivity contribution < 1.29 is 13.9 Å². The highest BCUT2D eigenvalue weighted by molar-refractivity contribution is 5.80. The van der Waals surface area contributed by atoms with Gasteiger partial charge in [-0.3, -0.25) is 4.79 Å². The van der Waals surface area contributed by atoms with Gasteiger partial charge in [-0.1, -0.05) is 12.1 Å². The number of halogens is 1. The standard InChI is InChI=1S/C11H14FNO2/c1-8(15-2)11(14)13-7-9-4-3-5-10(12)6-9/h3-6,8H,7H2,1-2H3,(H,13,14). The van der Waals surface area contributed by atoms with Crippen LogP contribution in [-0.2, 0) is 16.1 Å². The summed E-state index contributed by atoms with van der Waals surface area (Å²) in [6.07, 6.45) is -0.487. The van der Waals surface area contributed by atoms with Gasteiger partial charge in [-0.25, -0.2) is 4.39 Å². The third-order valence-corrected chi connectivity index (χ3v) is 2.08. The predicted octanol–water partition coefficient (Wildman–Crippen LogP) is 1.48. The van der Waals surface area contributed by atoms with E-state index in [9.17, 15) is 9.18 Å². The second kappa shape index (κ2) is 5.46. The highest BCUT2D eigenvalue weighted by Crippen LogP contribution is 2.03. The van der Waals surface area contributed by atoms with E-state index in [2.05, 4.69) is 5.32 Å². The van der Waals surface area contributed by atoms with Gasteiger partial charge >= 0.3 is 0 Å². The molecule has 0 aliphatic carbocycles. The van der Waals surface area contributed by atoms with Crippen LogP contribution >= 0.6 is 0 Å². The van der Waals surface area contributed by atoms with E-state index in [1.54, 1.807) is 19.1 Å². The van der Waals surface area contributed by atoms with E-state index in [-0.39, 0.29) is 11.7 Å². The Morgan fingerprint density at radius 2 is 2.33 bits per heavy atom. The van der Waals surface area contributed by atoms with Crippen LogP contribution < -0.4 is 5.32 Å². The molecule has 1 aromatic carbocycles. The fourth-order valence-electron chi connectivity index (χ4n) is 1.09. The number of carbonyl (C=O) groups excluding carboxylic acids is 1. The van der Waals surface area contributed by atoms with Gasteiger partial charge in [-0.2, -0.15) is 0 Å². The normalized spacial score (nSPS) is 12.2. The number of benzene rings is 1. The molecule has 1 unspecified atom stereocenters. The van der Waals surface area contributed by atoms with Crippen molar-refractivity contribution >= 4 is 5.91 Å². The summed E-state index contributed by atoms with van der Waals surface area (Å²) in [4.78, 5) is 11.3. The zero-order valence-electron chi connectivity index (χ0n) is 8.79. The lowest BCUT2D eigenvalue weighted by atomic mass is 10.2. The Labute approximate surface area is 88.2 Å². The van der Waals surface area contributed by atoms with Gasteiger partial charge in [0.15, 0.2) is 0 Å². The van der Waals surface area contributed by atoms with Crippen molar-refractivity contribution in [3.05, 3.63) is 35.6 Å². The van der Waals surface area contributed by atoms with Crippen LogP contribution in [0.4, 0.5) is 4.39 Å². The number of carbonyl (C=O) groups is 1. The Kier molecular flexibility index (Phi) is 4.24. The molecule has 0 spiro atoms. The van der Waals surface area contributed by atoms with E-state index in [1.165, 1.54) is 19.2 Å². The second-order valence-corrected chi connectivity index (χ2v) is 3.23. The molecule has 1 atom stereocenters. The maximum Gasteiger partial charge on any atom is 0.249 e. The number of amides is 1. The number of nitrogens with one attached hydrogen (secondary N) is 1. The lowest BCUT2D eigenvalue weighted by Gasteiger charge is -2.10. The molecule has 1 rings (SSSR count). The first kappa shape index (κ1) is 11.7. The van der Waals surface area contributed by atoms with Crippen LogP contribution in [0.25, 0.3) is 0 Å². The second-order valence-electron chi connectivity index (χ2n) is 3.23. The van der Waals surface area contributed by atoms with Crippen LogP contribution in [0.1, 0.15) is 12.5 Å². The van der Waals surface area contributed by atoms with Gasteiger partial charge in [0.1, 0.15) is 11.9 Å². The van der Waals surface area contributed by atoms with Crippen LogP contribution in [0, 0.1) is 5.82 Å². The molecule has 0 heterocycles. The maximum absolute atomic E-state index is 12.8. The minimum Gasteiger partial charge on any atom is -0.372 e. The smallest absolute Gasteiger partial charge is 0.249 e. The average Bonchev–Trinajstić information content (AvgIpc) is 2.25. The van der Waals surface area contributed by atoms with Gasteiger partial charge in [-0.05, 0) is 24.6 Å². The van der Waals surface area contributed by atoms with Crippen molar-refractivity contribution in [3.63, 3.8) is 0 Å². The summed E-state index contributed by atoms with van der Waals surface area (Å²) in [5, 5.41) is 2.65. The van der Waals surface area contributed by atoms with Gasteiger partial charge in [0, 0.05) is 13.7 Å². The maximum atomic E-state index is 12.8. The molecule has 1 amide bonds. The highest BCUT2D eigenvalue weighted by Gasteiger charge is 2.10. The molecule has 1 aromatic rings. The van der Waals surface area contributed by atoms with Crippen molar-refractivity contribution in [3.8, 4) is 0 Å². The van der Waals surface area contributed by atoms with Gasteiger partial charge in [0.2, 0.25) is 5.91 Å². The Bertz CT molecular complexity index is 341. The molecule has 0 radical (unpaired) electrons. The quantitative estimate of drug-likeness (QED) is 0.819. The first-order chi connectivity index (χ1) is 7.13. The first-order valence-corrected chi connectivity index (χ1v) is 4.68. The summed E-state index contributed by atoms with van der Waals surface area (Å²) < 4.78 is 17.6. The van der Waals surface area contributed by atoms with Crippen molar-refractivity contribution in [2.75, 3.05) is 7.11 Å². The molecule has 1 N–H and O–H groups in total. The monoisotopic (exact) mass is 211 g/mol. The Hall–Kier alpha value is -1.42. The molecule has 4 heteroatoms. The van der Waals surface area contributed by atoms with Crippen molar-refractivity contribution in [2.45, 2.75) is 19.6 Å². The molecule has 0 aliphatic heterocycles. The van der Waals surface area contributed by atoms with E-state index < -0.39 is 6.10 Å². The third-order valence-electron chi connectivity index (χ3n) is 2.08. The lowest BCUT2D eigenvalue weighted by Crippen LogP contribution is -2.33. The molecule has 0 fully saturated rings. The Morgan fingerprint density at radius 1 is 1.60 bits per heavy atom. The topological polar surface area (TPSA) is 38.3 Å². The van der Waals surface area contributed by atoms with E-state index in [4.69, 9.17) is 4.74 Å². The molecule has 0 bridgehead atoms. The molecule has 0 saturated carbocycles. The molecule has 0 aliphatic rings. The minimum absolute atomic E-state index is 0.207. The summed E-state index contributed by atoms with van der Waals surface area (Å²) in [7, 11) is 1.46. The van der Waals surface area contributed by atoms with Crippen molar-refractivity contribution in [1.82, 2.24) is 5.32 Å². The molecule has 82 valence electrons. The summed E-state index contributed by atoms with van der Waals surface area (Å²) in [5.74, 6) is -0.511. The SMILES string of the molecule is COC(C)C(=O)NCc1cccc(F)c1. The highest BCUT2D eigenvalue weighted by atomic mass is 19.1. The van der Waals surface area contributed by atoms with Gasteiger partial charge in [0.25, 0.3) is 0 Å². The van der Waals surface area contributed by atoms with E-state index >= 15 is 0 Å². The van der Waals surface area contributed by atoms with Gasteiger partial charge in [-0.15, -0.1) is 0 Å². The number of methoxy groups -OCH3 is 1. The summed E-state index contributed by atoms with van der Waals surface area (Å²) >= 11 is 0. The van der Waals surface area contributed by atoms with E-state index in [1.807, 2.05) is 0 Å². The van der Waals surface area contributed by atoms with E-state index in [0.717, 1.165) is 5.56 Å². The van der Waals surface area contributed by atoms with Gasteiger partial charge < -0.3 is 10.1 Å². The first-order valence-electron chi connectivity index (χ1n) is 4.68. The number of rotatable bonds is 4. The largest absolute Gasteiger partial charge is 0.372 e. The average molecular weight is 211 g/mol. The van der Waals surface area contributed by atoms with Crippen molar-refractivity contribution in [1.29, 1.82) is 0 Å². The zero-order chi connectivity index (χ0) is 11.3. The van der Waals surface area contributed by atoms with E-state index in [0.29, 0.717) is 6.54 Å². The van der Waals surface area contributed by atoms with Crippen LogP contribution in [0.2, 0.25) is 0 Å². The number of hydrogen-bond donors (Lipinski definition) is 1. The fourth-order valence-corrected chi connectivity index (χ4v) is 1.09. The van der Waals surface area contributed by atoms with Crippen molar-refractivity contribution in [2.24, 2.45) is 0 Å². The minimum atomic E-state index is -0.487. The van der Waals surface area contributed by atoms with Gasteiger partial charge in [0.05, 0.1) is 0 Å². The van der Waals surface area contributed by atoms with Crippen LogP contribution in [0.15, 0.2) is 24.3 Å². The van der Waals surface area contributed by atoms with Crippen LogP contribution in [-0.4, -0.2) is 19.1 Å². The summed E-state index contributed by atoms with van der Waals surface area (Å²) in [6.45, 7) is 1.96. The fraction of sp³-hybridized carbons (Fsp3) is 0.364. The molecular formula is C11H14FNO2. The molecule has 3 nitrogen and oxygen atoms in total. The summed E-state index contributed by atoms with van der Waals surface area (Å²) in [5.41, 5.74) is 0.728. The summed E-state index contributed by atoms with van der Waals surface area (Å²) in [6, 6.07) is 6.11. The number of hydrogen-bond acceptors (Lipinski definition) is 2. The zero-order valence-corrected chi connectivity index (χ0v) is 8.79. The Morgan fingerprint density at radius 3 is 2.93 bits per heavy atom. The third kappa shape index (κ3) is 3.67.